The first-order valence-electron chi connectivity index (χ1n) is 8.65. The number of anilines is 1. The van der Waals surface area contributed by atoms with Gasteiger partial charge in [-0.3, -0.25) is 0 Å². The number of rotatable bonds is 8. The van der Waals surface area contributed by atoms with Crippen LogP contribution in [0.2, 0.25) is 0 Å². The van der Waals surface area contributed by atoms with Gasteiger partial charge in [-0.15, -0.1) is 34.2 Å². The molecule has 26 heavy (non-hydrogen) atoms. The second-order valence-electron chi connectivity index (χ2n) is 5.83. The van der Waals surface area contributed by atoms with Gasteiger partial charge in [-0.25, -0.2) is 9.98 Å². The molecule has 0 unspecified atom stereocenters. The predicted octanol–water partition coefficient (Wildman–Crippen LogP) is 1.67. The van der Waals surface area contributed by atoms with Crippen LogP contribution in [-0.4, -0.2) is 52.9 Å². The molecule has 2 heterocycles. The number of nitrogens with zero attached hydrogens (tertiary/aromatic N) is 6. The summed E-state index contributed by atoms with van der Waals surface area (Å²) in [4.78, 5) is 11.0. The van der Waals surface area contributed by atoms with Gasteiger partial charge in [-0.2, -0.15) is 0 Å². The fourth-order valence-electron chi connectivity index (χ4n) is 2.35. The van der Waals surface area contributed by atoms with Crippen LogP contribution in [0.4, 0.5) is 5.82 Å². The zero-order valence-corrected chi connectivity index (χ0v) is 18.3. The first kappa shape index (κ1) is 22.1. The summed E-state index contributed by atoms with van der Waals surface area (Å²) in [5.74, 6) is 2.74. The van der Waals surface area contributed by atoms with Crippen molar-refractivity contribution in [3.63, 3.8) is 0 Å². The van der Waals surface area contributed by atoms with Gasteiger partial charge >= 0.3 is 0 Å². The molecule has 0 aliphatic rings. The van der Waals surface area contributed by atoms with E-state index in [4.69, 9.17) is 0 Å². The van der Waals surface area contributed by atoms with Crippen LogP contribution < -0.4 is 15.5 Å². The largest absolute Gasteiger partial charge is 0.363 e. The molecule has 0 radical (unpaired) electrons. The number of guanidine groups is 1. The summed E-state index contributed by atoms with van der Waals surface area (Å²) in [6.45, 7) is 7.12. The molecule has 0 fully saturated rings. The lowest BCUT2D eigenvalue weighted by Gasteiger charge is -2.13. The number of aryl methyl sites for hydroxylation is 1. The van der Waals surface area contributed by atoms with Crippen molar-refractivity contribution < 1.29 is 0 Å². The lowest BCUT2D eigenvalue weighted by Crippen LogP contribution is -2.38. The van der Waals surface area contributed by atoms with Crippen molar-refractivity contribution in [1.82, 2.24) is 30.4 Å². The first-order chi connectivity index (χ1) is 12.1. The molecular formula is C17H29IN8. The summed E-state index contributed by atoms with van der Waals surface area (Å²) in [5.41, 5.74) is 1.13. The molecule has 8 nitrogen and oxygen atoms in total. The second-order valence-corrected chi connectivity index (χ2v) is 5.83. The summed E-state index contributed by atoms with van der Waals surface area (Å²) in [6.07, 6.45) is 4.47. The summed E-state index contributed by atoms with van der Waals surface area (Å²) in [6, 6.07) is 4.04. The molecule has 0 saturated heterocycles. The Hall–Kier alpha value is -1.91. The zero-order valence-electron chi connectivity index (χ0n) is 15.9. The standard InChI is InChI=1S/C17H28N8.HI/c1-5-15-23-22-13-25(15)10-9-20-17(18-6-2)21-12-14-7-8-19-16(11-14)24(3)4;/h7-8,11,13H,5-6,9-10,12H2,1-4H3,(H2,18,20,21);1H. The van der Waals surface area contributed by atoms with Crippen molar-refractivity contribution in [3.05, 3.63) is 36.0 Å². The van der Waals surface area contributed by atoms with E-state index in [-0.39, 0.29) is 24.0 Å². The normalized spacial score (nSPS) is 11.0. The minimum absolute atomic E-state index is 0. The fraction of sp³-hybridized carbons (Fsp3) is 0.529. The lowest BCUT2D eigenvalue weighted by atomic mass is 10.2. The third-order valence-corrected chi connectivity index (χ3v) is 3.69. The molecule has 2 aromatic rings. The van der Waals surface area contributed by atoms with Crippen LogP contribution in [0.5, 0.6) is 0 Å². The van der Waals surface area contributed by atoms with Gasteiger partial charge in [0, 0.05) is 46.3 Å². The van der Waals surface area contributed by atoms with Crippen LogP contribution in [0, 0.1) is 0 Å². The van der Waals surface area contributed by atoms with Gasteiger partial charge in [0.15, 0.2) is 5.96 Å². The van der Waals surface area contributed by atoms with Crippen molar-refractivity contribution in [1.29, 1.82) is 0 Å². The molecule has 0 aliphatic heterocycles. The number of aromatic nitrogens is 4. The van der Waals surface area contributed by atoms with Crippen LogP contribution in [0.3, 0.4) is 0 Å². The number of hydrogen-bond donors (Lipinski definition) is 2. The van der Waals surface area contributed by atoms with Crippen molar-refractivity contribution in [3.8, 4) is 0 Å². The molecule has 0 atom stereocenters. The molecule has 0 amide bonds. The predicted molar refractivity (Wildman–Crippen MR) is 116 cm³/mol. The highest BCUT2D eigenvalue weighted by Gasteiger charge is 2.03. The van der Waals surface area contributed by atoms with E-state index >= 15 is 0 Å². The Morgan fingerprint density at radius 1 is 1.27 bits per heavy atom. The minimum atomic E-state index is 0. The summed E-state index contributed by atoms with van der Waals surface area (Å²) < 4.78 is 2.06. The molecule has 0 bridgehead atoms. The van der Waals surface area contributed by atoms with E-state index in [0.29, 0.717) is 6.54 Å². The lowest BCUT2D eigenvalue weighted by molar-refractivity contribution is 0.632. The zero-order chi connectivity index (χ0) is 18.1. The topological polar surface area (TPSA) is 83.3 Å². The number of halogens is 1. The van der Waals surface area contributed by atoms with Gasteiger partial charge in [-0.1, -0.05) is 6.92 Å². The van der Waals surface area contributed by atoms with Gasteiger partial charge in [0.05, 0.1) is 6.54 Å². The summed E-state index contributed by atoms with van der Waals surface area (Å²) in [5, 5.41) is 14.7. The van der Waals surface area contributed by atoms with Crippen molar-refractivity contribution in [2.45, 2.75) is 33.4 Å². The molecule has 0 saturated carbocycles. The quantitative estimate of drug-likeness (QED) is 0.346. The van der Waals surface area contributed by atoms with E-state index in [9.17, 15) is 0 Å². The SMILES string of the molecule is CCNC(=NCc1ccnc(N(C)C)c1)NCCn1cnnc1CC.I. The van der Waals surface area contributed by atoms with Crippen molar-refractivity contribution in [2.24, 2.45) is 4.99 Å². The number of hydrogen-bond acceptors (Lipinski definition) is 5. The maximum absolute atomic E-state index is 4.65. The van der Waals surface area contributed by atoms with Gasteiger partial charge in [0.2, 0.25) is 0 Å². The van der Waals surface area contributed by atoms with Crippen molar-refractivity contribution >= 4 is 35.8 Å². The molecular weight excluding hydrogens is 443 g/mol. The molecule has 2 aromatic heterocycles. The third kappa shape index (κ3) is 6.77. The highest BCUT2D eigenvalue weighted by atomic mass is 127. The Morgan fingerprint density at radius 2 is 2.08 bits per heavy atom. The summed E-state index contributed by atoms with van der Waals surface area (Å²) in [7, 11) is 3.97. The highest BCUT2D eigenvalue weighted by molar-refractivity contribution is 14.0. The van der Waals surface area contributed by atoms with E-state index < -0.39 is 0 Å². The molecule has 2 rings (SSSR count). The van der Waals surface area contributed by atoms with Crippen LogP contribution in [0.1, 0.15) is 25.2 Å². The van der Waals surface area contributed by atoms with E-state index in [1.54, 1.807) is 6.33 Å². The number of aliphatic imine (C=N–C) groups is 1. The fourth-order valence-corrected chi connectivity index (χ4v) is 2.35. The summed E-state index contributed by atoms with van der Waals surface area (Å²) >= 11 is 0. The molecule has 0 aromatic carbocycles. The first-order valence-corrected chi connectivity index (χ1v) is 8.65. The third-order valence-electron chi connectivity index (χ3n) is 3.69. The minimum Gasteiger partial charge on any atom is -0.363 e. The van der Waals surface area contributed by atoms with Crippen molar-refractivity contribution in [2.75, 3.05) is 32.1 Å². The Balaban J connectivity index is 0.00000338. The molecule has 2 N–H and O–H groups in total. The van der Waals surface area contributed by atoms with E-state index in [0.717, 1.165) is 49.2 Å². The molecule has 0 spiro atoms. The number of nitrogens with one attached hydrogen (secondary N) is 2. The Kier molecular flexibility index (Phi) is 9.92. The van der Waals surface area contributed by atoms with Gasteiger partial charge in [-0.05, 0) is 24.6 Å². The van der Waals surface area contributed by atoms with Crippen LogP contribution >= 0.6 is 24.0 Å². The Morgan fingerprint density at radius 3 is 2.77 bits per heavy atom. The maximum atomic E-state index is 4.65. The average molecular weight is 472 g/mol. The van der Waals surface area contributed by atoms with Gasteiger partial charge in [0.1, 0.15) is 18.0 Å². The Labute approximate surface area is 172 Å². The average Bonchev–Trinajstić information content (AvgIpc) is 3.07. The molecule has 9 heteroatoms. The van der Waals surface area contributed by atoms with E-state index in [1.807, 2.05) is 31.3 Å². The van der Waals surface area contributed by atoms with Crippen LogP contribution in [0.25, 0.3) is 0 Å². The maximum Gasteiger partial charge on any atom is 0.191 e. The van der Waals surface area contributed by atoms with E-state index in [1.165, 1.54) is 0 Å². The highest BCUT2D eigenvalue weighted by Crippen LogP contribution is 2.10. The van der Waals surface area contributed by atoms with Gasteiger partial charge < -0.3 is 20.1 Å². The van der Waals surface area contributed by atoms with Crippen LogP contribution in [-0.2, 0) is 19.5 Å². The number of pyridine rings is 1. The molecule has 144 valence electrons. The van der Waals surface area contributed by atoms with Gasteiger partial charge in [0.25, 0.3) is 0 Å². The smallest absolute Gasteiger partial charge is 0.191 e. The second kappa shape index (κ2) is 11.7. The Bertz CT molecular complexity index is 683. The van der Waals surface area contributed by atoms with E-state index in [2.05, 4.69) is 55.3 Å². The molecule has 0 aliphatic carbocycles. The van der Waals surface area contributed by atoms with Crippen LogP contribution in [0.15, 0.2) is 29.6 Å². The monoisotopic (exact) mass is 472 g/mol.